The van der Waals surface area contributed by atoms with E-state index in [2.05, 4.69) is 22.8 Å². The highest BCUT2D eigenvalue weighted by atomic mass is 16.5. The molecule has 16 heteroatoms. The van der Waals surface area contributed by atoms with Crippen molar-refractivity contribution in [2.45, 2.75) is 62.4 Å². The zero-order valence-electron chi connectivity index (χ0n) is 25.8. The Balaban J connectivity index is 0.000000266. The lowest BCUT2D eigenvalue weighted by molar-refractivity contribution is -0.165. The summed E-state index contributed by atoms with van der Waals surface area (Å²) < 4.78 is 16.5. The average Bonchev–Trinajstić information content (AvgIpc) is 3.35. The predicted octanol–water partition coefficient (Wildman–Crippen LogP) is -0.529. The number of para-hydroxylation sites is 1. The lowest BCUT2D eigenvalue weighted by Gasteiger charge is -2.57. The van der Waals surface area contributed by atoms with Crippen LogP contribution in [0.25, 0.3) is 0 Å². The smallest absolute Gasteiger partial charge is 0.339 e. The van der Waals surface area contributed by atoms with Crippen molar-refractivity contribution < 1.29 is 74.7 Å². The number of carbonyl (C=O) groups excluding carboxylic acids is 2. The van der Waals surface area contributed by atoms with E-state index in [0.717, 1.165) is 37.3 Å². The van der Waals surface area contributed by atoms with Crippen molar-refractivity contribution in [1.82, 2.24) is 4.90 Å². The summed E-state index contributed by atoms with van der Waals surface area (Å²) in [6.45, 7) is 2.27. The summed E-state index contributed by atoms with van der Waals surface area (Å²) in [4.78, 5) is 55.8. The van der Waals surface area contributed by atoms with Gasteiger partial charge in [-0.3, -0.25) is 9.59 Å². The Kier molecular flexibility index (Phi) is 12.6. The van der Waals surface area contributed by atoms with Crippen LogP contribution in [0.3, 0.4) is 0 Å². The fraction of sp³-hybridized carbons (Fsp3) is 0.452. The number of ketones is 1. The van der Waals surface area contributed by atoms with E-state index >= 15 is 0 Å². The van der Waals surface area contributed by atoms with E-state index in [9.17, 15) is 24.0 Å². The first kappa shape index (κ1) is 38.6. The monoisotopic (exact) mass is 665 g/mol. The first-order chi connectivity index (χ1) is 21.2. The number of aliphatic hydroxyl groups is 2. The maximum absolute atomic E-state index is 12.6. The van der Waals surface area contributed by atoms with Crippen LogP contribution in [0.5, 0.6) is 17.2 Å². The van der Waals surface area contributed by atoms with Gasteiger partial charge in [0.2, 0.25) is 0 Å². The maximum atomic E-state index is 12.6. The number of likely N-dealkylation sites (N-methyl/N-ethyl adjacent to an activating group) is 1. The third-order valence-electron chi connectivity index (χ3n) is 8.77. The highest BCUT2D eigenvalue weighted by Crippen LogP contribution is 2.63. The molecule has 0 amide bonds. The van der Waals surface area contributed by atoms with Crippen LogP contribution >= 0.6 is 0 Å². The molecule has 2 aliphatic carbocycles. The molecule has 1 spiro atoms. The topological polar surface area (TPSA) is 280 Å². The third-order valence-corrected chi connectivity index (χ3v) is 8.77. The van der Waals surface area contributed by atoms with Crippen LogP contribution in [0.1, 0.15) is 47.7 Å². The molecule has 0 aromatic heterocycles. The molecule has 258 valence electrons. The molecule has 9 N–H and O–H groups in total. The minimum atomic E-state index is -2.27. The molecule has 2 heterocycles. The highest BCUT2D eigenvalue weighted by molar-refractivity contribution is 5.92. The molecule has 2 aromatic rings. The van der Waals surface area contributed by atoms with Gasteiger partial charge in [0.25, 0.3) is 0 Å². The minimum absolute atomic E-state index is 0. The van der Waals surface area contributed by atoms with Crippen LogP contribution in [0.4, 0.5) is 0 Å². The molecule has 2 aliphatic heterocycles. The molecule has 1 saturated heterocycles. The number of aliphatic hydroxyl groups excluding tert-OH is 2. The molecule has 6 atom stereocenters. The van der Waals surface area contributed by atoms with E-state index in [-0.39, 0.29) is 39.6 Å². The fourth-order valence-electron chi connectivity index (χ4n) is 6.83. The number of likely N-dealkylation sites (tertiary alicyclic amines) is 1. The van der Waals surface area contributed by atoms with E-state index in [1.54, 1.807) is 19.2 Å². The lowest BCUT2D eigenvalue weighted by Crippen LogP contribution is -2.65. The van der Waals surface area contributed by atoms with Crippen LogP contribution in [-0.4, -0.2) is 116 Å². The second kappa shape index (κ2) is 15.3. The number of nitrogens with zero attached hydrogens (tertiary/aromatic N) is 1. The van der Waals surface area contributed by atoms with Gasteiger partial charge >= 0.3 is 23.9 Å². The molecule has 2 fully saturated rings. The van der Waals surface area contributed by atoms with E-state index in [1.165, 1.54) is 30.2 Å². The van der Waals surface area contributed by atoms with E-state index in [0.29, 0.717) is 18.4 Å². The number of benzene rings is 2. The van der Waals surface area contributed by atoms with E-state index in [4.69, 9.17) is 35.0 Å². The SMILES string of the molecule is CC(=O)Oc1ccccc1C(=O)O.COc1ccc2c3c1O[C@H]1C(=O)CC[C@H]4[C@@H](C2)N(C)CC[C@]314.O.O.O=C(O)[C@H](O)[C@@H](O)C(=O)O. The van der Waals surface area contributed by atoms with Gasteiger partial charge in [-0.25, -0.2) is 14.4 Å². The van der Waals surface area contributed by atoms with Gasteiger partial charge in [0, 0.05) is 30.4 Å². The Bertz CT molecular complexity index is 1490. The number of carboxylic acids is 3. The quantitative estimate of drug-likeness (QED) is 0.192. The predicted molar refractivity (Wildman–Crippen MR) is 161 cm³/mol. The summed E-state index contributed by atoms with van der Waals surface area (Å²) in [6.07, 6.45) is -1.06. The van der Waals surface area contributed by atoms with Crippen molar-refractivity contribution in [3.05, 3.63) is 53.1 Å². The van der Waals surface area contributed by atoms with E-state index < -0.39 is 36.1 Å². The maximum Gasteiger partial charge on any atom is 0.339 e. The first-order valence-electron chi connectivity index (χ1n) is 14.2. The summed E-state index contributed by atoms with van der Waals surface area (Å²) in [5.74, 6) is -2.65. The number of carbonyl (C=O) groups is 5. The minimum Gasteiger partial charge on any atom is -0.493 e. The first-order valence-corrected chi connectivity index (χ1v) is 14.2. The van der Waals surface area contributed by atoms with Crippen molar-refractivity contribution in [2.24, 2.45) is 5.92 Å². The van der Waals surface area contributed by atoms with Gasteiger partial charge in [-0.05, 0) is 62.5 Å². The molecule has 4 aliphatic rings. The second-order valence-corrected chi connectivity index (χ2v) is 11.2. The molecule has 2 aromatic carbocycles. The second-order valence-electron chi connectivity index (χ2n) is 11.2. The summed E-state index contributed by atoms with van der Waals surface area (Å²) in [5.41, 5.74) is 2.56. The zero-order valence-corrected chi connectivity index (χ0v) is 25.8. The van der Waals surface area contributed by atoms with Crippen LogP contribution in [0.2, 0.25) is 0 Å². The van der Waals surface area contributed by atoms with Gasteiger partial charge in [-0.2, -0.15) is 0 Å². The Labute approximate surface area is 268 Å². The zero-order chi connectivity index (χ0) is 33.2. The normalized spacial score (nSPS) is 23.9. The third kappa shape index (κ3) is 7.21. The van der Waals surface area contributed by atoms with Crippen molar-refractivity contribution in [3.8, 4) is 17.2 Å². The van der Waals surface area contributed by atoms with Gasteiger partial charge in [0.1, 0.15) is 11.3 Å². The molecule has 16 nitrogen and oxygen atoms in total. The van der Waals surface area contributed by atoms with Gasteiger partial charge in [0.05, 0.1) is 7.11 Å². The molecule has 47 heavy (non-hydrogen) atoms. The van der Waals surface area contributed by atoms with Crippen LogP contribution in [0.15, 0.2) is 36.4 Å². The number of esters is 1. The number of aliphatic carboxylic acids is 2. The lowest BCUT2D eigenvalue weighted by atomic mass is 9.52. The van der Waals surface area contributed by atoms with Crippen LogP contribution in [0, 0.1) is 5.92 Å². The van der Waals surface area contributed by atoms with Crippen molar-refractivity contribution in [3.63, 3.8) is 0 Å². The number of Topliss-reactive ketones (excluding diaryl/α,β-unsaturated/α-hetero) is 1. The molecule has 0 unspecified atom stereocenters. The van der Waals surface area contributed by atoms with Crippen LogP contribution < -0.4 is 14.2 Å². The number of carboxylic acid groups (broad SMARTS) is 3. The number of hydrogen-bond acceptors (Lipinski definition) is 11. The van der Waals surface area contributed by atoms with E-state index in [1.807, 2.05) is 6.07 Å². The van der Waals surface area contributed by atoms with Gasteiger partial charge in [-0.1, -0.05) is 18.2 Å². The molecule has 2 bridgehead atoms. The number of rotatable bonds is 6. The number of piperidine rings is 1. The molecular formula is C31H39NO15. The Hall–Kier alpha value is -4.61. The van der Waals surface area contributed by atoms with Gasteiger partial charge in [-0.15, -0.1) is 0 Å². The highest BCUT2D eigenvalue weighted by Gasteiger charge is 2.65. The van der Waals surface area contributed by atoms with Crippen molar-refractivity contribution in [1.29, 1.82) is 0 Å². The average molecular weight is 666 g/mol. The van der Waals surface area contributed by atoms with Gasteiger partial charge in [0.15, 0.2) is 35.6 Å². The summed E-state index contributed by atoms with van der Waals surface area (Å²) in [5, 5.41) is 41.2. The molecule has 6 rings (SSSR count). The standard InChI is InChI=1S/C18H21NO3.C9H8O4.C4H6O6.2H2O/c1-19-8-7-18-11-4-5-13(20)17(18)22-16-14(21-2)6-3-10(15(16)18)9-12(11)19;1-6(10)13-8-5-3-2-4-7(8)9(11)12;5-1(3(7)8)2(6)4(9)10;;/h3,6,11-12,17H,4-5,7-9H2,1-2H3;2-5H,1H3,(H,11,12);1-2,5-6H,(H,7,8)(H,9,10);2*1H2/t11-,12+,17-,18-;;1-,2-;;/m0.1../s1. The number of ether oxygens (including phenoxy) is 3. The van der Waals surface area contributed by atoms with Gasteiger partial charge < -0.3 is 55.6 Å². The Morgan fingerprint density at radius 2 is 1.60 bits per heavy atom. The molecule has 0 radical (unpaired) electrons. The Morgan fingerprint density at radius 1 is 0.979 bits per heavy atom. The van der Waals surface area contributed by atoms with Crippen LogP contribution in [-0.2, 0) is 31.0 Å². The number of hydrogen-bond donors (Lipinski definition) is 5. The molecule has 1 saturated carbocycles. The number of methoxy groups -OCH3 is 1. The largest absolute Gasteiger partial charge is 0.493 e. The molecular weight excluding hydrogens is 626 g/mol. The summed E-state index contributed by atoms with van der Waals surface area (Å²) in [7, 11) is 3.91. The fourth-order valence-corrected chi connectivity index (χ4v) is 6.83. The van der Waals surface area contributed by atoms with Crippen molar-refractivity contribution >= 4 is 29.7 Å². The Morgan fingerprint density at radius 3 is 2.15 bits per heavy atom. The van der Waals surface area contributed by atoms with Crippen molar-refractivity contribution in [2.75, 3.05) is 20.7 Å². The summed E-state index contributed by atoms with van der Waals surface area (Å²) in [6, 6.07) is 10.7. The number of aromatic carboxylic acids is 1. The summed E-state index contributed by atoms with van der Waals surface area (Å²) >= 11 is 0.